The average molecular weight is 357 g/mol. The first kappa shape index (κ1) is 18.3. The van der Waals surface area contributed by atoms with Crippen molar-refractivity contribution in [2.45, 2.75) is 71.1 Å². The summed E-state index contributed by atoms with van der Waals surface area (Å²) in [5.41, 5.74) is 0.212. The molecule has 0 saturated carbocycles. The largest absolute Gasteiger partial charge is 0.294 e. The van der Waals surface area contributed by atoms with E-state index in [9.17, 15) is 9.18 Å². The van der Waals surface area contributed by atoms with E-state index in [0.29, 0.717) is 6.42 Å². The highest BCUT2D eigenvalue weighted by molar-refractivity contribution is 9.10. The SMILES string of the molecule is CCCCCCCCCCCC(=O)c1cc(Br)ccc1F. The number of Topliss-reactive ketones (excluding diaryl/α,β-unsaturated/α-hetero) is 1. The first-order valence-corrected chi connectivity index (χ1v) is 8.92. The number of halogens is 2. The molecule has 0 unspecified atom stereocenters. The Labute approximate surface area is 136 Å². The predicted molar refractivity (Wildman–Crippen MR) is 90.3 cm³/mol. The maximum absolute atomic E-state index is 13.6. The lowest BCUT2D eigenvalue weighted by atomic mass is 10.0. The highest BCUT2D eigenvalue weighted by Crippen LogP contribution is 2.18. The van der Waals surface area contributed by atoms with E-state index in [1.165, 1.54) is 51.0 Å². The van der Waals surface area contributed by atoms with Crippen LogP contribution in [0.2, 0.25) is 0 Å². The van der Waals surface area contributed by atoms with Crippen molar-refractivity contribution in [1.29, 1.82) is 0 Å². The zero-order valence-corrected chi connectivity index (χ0v) is 14.6. The summed E-state index contributed by atoms with van der Waals surface area (Å²) in [4.78, 5) is 12.0. The first-order chi connectivity index (χ1) is 10.1. The number of hydrogen-bond donors (Lipinski definition) is 0. The summed E-state index contributed by atoms with van der Waals surface area (Å²) in [5, 5.41) is 0. The molecule has 0 heterocycles. The van der Waals surface area contributed by atoms with Gasteiger partial charge in [0, 0.05) is 10.9 Å². The Balaban J connectivity index is 2.12. The maximum Gasteiger partial charge on any atom is 0.165 e. The number of carbonyl (C=O) groups is 1. The molecule has 0 spiro atoms. The van der Waals surface area contributed by atoms with Crippen molar-refractivity contribution in [3.05, 3.63) is 34.1 Å². The quantitative estimate of drug-likeness (QED) is 0.318. The highest BCUT2D eigenvalue weighted by Gasteiger charge is 2.11. The summed E-state index contributed by atoms with van der Waals surface area (Å²) in [6.45, 7) is 2.23. The Kier molecular flexibility index (Phi) is 9.56. The molecular weight excluding hydrogens is 331 g/mol. The molecule has 0 amide bonds. The van der Waals surface area contributed by atoms with Crippen LogP contribution in [-0.2, 0) is 0 Å². The summed E-state index contributed by atoms with van der Waals surface area (Å²) in [6, 6.07) is 4.53. The summed E-state index contributed by atoms with van der Waals surface area (Å²) in [5.74, 6) is -0.504. The molecular formula is C18H26BrFO. The fourth-order valence-corrected chi connectivity index (χ4v) is 2.80. The van der Waals surface area contributed by atoms with Gasteiger partial charge in [-0.25, -0.2) is 4.39 Å². The Morgan fingerprint density at radius 3 is 2.19 bits per heavy atom. The van der Waals surface area contributed by atoms with Gasteiger partial charge in [0.1, 0.15) is 5.82 Å². The van der Waals surface area contributed by atoms with Crippen LogP contribution < -0.4 is 0 Å². The predicted octanol–water partition coefficient (Wildman–Crippen LogP) is 6.69. The molecule has 1 rings (SSSR count). The van der Waals surface area contributed by atoms with Crippen LogP contribution in [0.15, 0.2) is 22.7 Å². The van der Waals surface area contributed by atoms with E-state index >= 15 is 0 Å². The van der Waals surface area contributed by atoms with Gasteiger partial charge in [-0.15, -0.1) is 0 Å². The van der Waals surface area contributed by atoms with Gasteiger partial charge in [0.15, 0.2) is 5.78 Å². The summed E-state index contributed by atoms with van der Waals surface area (Å²) >= 11 is 3.27. The topological polar surface area (TPSA) is 17.1 Å². The van der Waals surface area contributed by atoms with Crippen LogP contribution in [0.5, 0.6) is 0 Å². The van der Waals surface area contributed by atoms with Crippen molar-refractivity contribution in [2.24, 2.45) is 0 Å². The Hall–Kier alpha value is -0.700. The van der Waals surface area contributed by atoms with Crippen molar-refractivity contribution < 1.29 is 9.18 Å². The molecule has 1 aromatic rings. The van der Waals surface area contributed by atoms with Crippen molar-refractivity contribution in [3.63, 3.8) is 0 Å². The summed E-state index contributed by atoms with van der Waals surface area (Å²) in [7, 11) is 0. The van der Waals surface area contributed by atoms with Crippen molar-refractivity contribution in [2.75, 3.05) is 0 Å². The molecule has 0 radical (unpaired) electrons. The standard InChI is InChI=1S/C18H26BrFO/c1-2-3-4-5-6-7-8-9-10-11-18(21)16-14-15(19)12-13-17(16)20/h12-14H,2-11H2,1H3. The Morgan fingerprint density at radius 2 is 1.57 bits per heavy atom. The van der Waals surface area contributed by atoms with E-state index in [0.717, 1.165) is 17.3 Å². The second-order valence-electron chi connectivity index (χ2n) is 5.63. The molecule has 118 valence electrons. The fraction of sp³-hybridized carbons (Fsp3) is 0.611. The third-order valence-corrected chi connectivity index (χ3v) is 4.23. The normalized spacial score (nSPS) is 10.8. The van der Waals surface area contributed by atoms with Gasteiger partial charge < -0.3 is 0 Å². The summed E-state index contributed by atoms with van der Waals surface area (Å²) in [6.07, 6.45) is 11.4. The molecule has 0 aliphatic rings. The van der Waals surface area contributed by atoms with Gasteiger partial charge in [-0.1, -0.05) is 74.2 Å². The van der Waals surface area contributed by atoms with Gasteiger partial charge in [-0.3, -0.25) is 4.79 Å². The number of unbranched alkanes of at least 4 members (excludes halogenated alkanes) is 8. The average Bonchev–Trinajstić information content (AvgIpc) is 2.48. The molecule has 21 heavy (non-hydrogen) atoms. The lowest BCUT2D eigenvalue weighted by molar-refractivity contribution is 0.0975. The zero-order valence-electron chi connectivity index (χ0n) is 13.0. The van der Waals surface area contributed by atoms with Gasteiger partial charge in [0.25, 0.3) is 0 Å². The summed E-state index contributed by atoms with van der Waals surface area (Å²) < 4.78 is 14.3. The second-order valence-corrected chi connectivity index (χ2v) is 6.54. The number of carbonyl (C=O) groups excluding carboxylic acids is 1. The molecule has 0 N–H and O–H groups in total. The molecule has 0 aliphatic heterocycles. The lowest BCUT2D eigenvalue weighted by Crippen LogP contribution is -2.02. The lowest BCUT2D eigenvalue weighted by Gasteiger charge is -2.04. The molecule has 0 fully saturated rings. The van der Waals surface area contributed by atoms with Crippen LogP contribution >= 0.6 is 15.9 Å². The van der Waals surface area contributed by atoms with Gasteiger partial charge >= 0.3 is 0 Å². The number of rotatable bonds is 11. The van der Waals surface area contributed by atoms with E-state index in [1.54, 1.807) is 12.1 Å². The number of hydrogen-bond acceptors (Lipinski definition) is 1. The van der Waals surface area contributed by atoms with Crippen LogP contribution in [0, 0.1) is 5.82 Å². The third kappa shape index (κ3) is 7.75. The second kappa shape index (κ2) is 10.9. The highest BCUT2D eigenvalue weighted by atomic mass is 79.9. The smallest absolute Gasteiger partial charge is 0.165 e. The van der Waals surface area contributed by atoms with Crippen molar-refractivity contribution in [1.82, 2.24) is 0 Å². The fourth-order valence-electron chi connectivity index (χ4n) is 2.44. The number of ketones is 1. The zero-order chi connectivity index (χ0) is 15.5. The monoisotopic (exact) mass is 356 g/mol. The van der Waals surface area contributed by atoms with E-state index < -0.39 is 5.82 Å². The van der Waals surface area contributed by atoms with Gasteiger partial charge in [0.05, 0.1) is 5.56 Å². The Morgan fingerprint density at radius 1 is 1.00 bits per heavy atom. The van der Waals surface area contributed by atoms with E-state index in [2.05, 4.69) is 22.9 Å². The van der Waals surface area contributed by atoms with Gasteiger partial charge in [-0.05, 0) is 24.6 Å². The first-order valence-electron chi connectivity index (χ1n) is 8.13. The number of benzene rings is 1. The molecule has 1 nitrogen and oxygen atoms in total. The molecule has 0 aliphatic carbocycles. The van der Waals surface area contributed by atoms with Crippen LogP contribution in [-0.4, -0.2) is 5.78 Å². The molecule has 0 saturated heterocycles. The van der Waals surface area contributed by atoms with Crippen molar-refractivity contribution >= 4 is 21.7 Å². The van der Waals surface area contributed by atoms with Crippen LogP contribution in [0.4, 0.5) is 4.39 Å². The van der Waals surface area contributed by atoms with E-state index in [1.807, 2.05) is 0 Å². The molecule has 1 aromatic carbocycles. The molecule has 3 heteroatoms. The van der Waals surface area contributed by atoms with E-state index in [4.69, 9.17) is 0 Å². The third-order valence-electron chi connectivity index (χ3n) is 3.74. The van der Waals surface area contributed by atoms with Gasteiger partial charge in [-0.2, -0.15) is 0 Å². The molecule has 0 aromatic heterocycles. The van der Waals surface area contributed by atoms with Gasteiger partial charge in [0.2, 0.25) is 0 Å². The van der Waals surface area contributed by atoms with Crippen LogP contribution in [0.25, 0.3) is 0 Å². The molecule has 0 bridgehead atoms. The Bertz CT molecular complexity index is 431. The van der Waals surface area contributed by atoms with Crippen LogP contribution in [0.3, 0.4) is 0 Å². The maximum atomic E-state index is 13.6. The van der Waals surface area contributed by atoms with E-state index in [-0.39, 0.29) is 11.3 Å². The van der Waals surface area contributed by atoms with Crippen LogP contribution in [0.1, 0.15) is 81.5 Å². The minimum Gasteiger partial charge on any atom is -0.294 e. The minimum atomic E-state index is -0.417. The minimum absolute atomic E-state index is 0.0863. The van der Waals surface area contributed by atoms with Crippen molar-refractivity contribution in [3.8, 4) is 0 Å². The molecule has 0 atom stereocenters.